The van der Waals surface area contributed by atoms with E-state index in [0.717, 1.165) is 29.9 Å². The summed E-state index contributed by atoms with van der Waals surface area (Å²) in [6.07, 6.45) is 5.34. The summed E-state index contributed by atoms with van der Waals surface area (Å²) < 4.78 is 5.45. The second-order valence-electron chi connectivity index (χ2n) is 7.04. The number of carbonyl (C=O) groups excluding carboxylic acids is 1. The van der Waals surface area contributed by atoms with Crippen molar-refractivity contribution >= 4 is 24.4 Å². The van der Waals surface area contributed by atoms with E-state index in [1.165, 1.54) is 5.56 Å². The number of thiol groups is 1. The van der Waals surface area contributed by atoms with E-state index in [1.807, 2.05) is 32.9 Å². The Bertz CT molecular complexity index is 651. The fourth-order valence-electron chi connectivity index (χ4n) is 2.79. The van der Waals surface area contributed by atoms with Crippen molar-refractivity contribution in [2.75, 3.05) is 31.1 Å². The molecule has 0 radical (unpaired) electrons. The normalized spacial score (nSPS) is 15.2. The van der Waals surface area contributed by atoms with Gasteiger partial charge in [0, 0.05) is 43.2 Å². The summed E-state index contributed by atoms with van der Waals surface area (Å²) in [6, 6.07) is 4.06. The molecule has 0 unspecified atom stereocenters. The van der Waals surface area contributed by atoms with E-state index >= 15 is 0 Å². The van der Waals surface area contributed by atoms with Crippen molar-refractivity contribution in [1.82, 2.24) is 4.90 Å². The third kappa shape index (κ3) is 4.39. The number of amides is 1. The molecule has 1 aliphatic rings. The Morgan fingerprint density at radius 1 is 1.29 bits per heavy atom. The second-order valence-corrected chi connectivity index (χ2v) is 7.35. The van der Waals surface area contributed by atoms with Crippen molar-refractivity contribution in [1.29, 1.82) is 0 Å². The summed E-state index contributed by atoms with van der Waals surface area (Å²) in [5.74, 6) is 3.37. The van der Waals surface area contributed by atoms with Gasteiger partial charge in [-0.3, -0.25) is 0 Å². The maximum atomic E-state index is 12.2. The highest BCUT2D eigenvalue weighted by Gasteiger charge is 2.26. The van der Waals surface area contributed by atoms with E-state index in [1.54, 1.807) is 4.90 Å². The molecule has 1 aromatic rings. The Kier molecular flexibility index (Phi) is 5.71. The van der Waals surface area contributed by atoms with Crippen molar-refractivity contribution < 1.29 is 9.53 Å². The number of anilines is 1. The summed E-state index contributed by atoms with van der Waals surface area (Å²) in [4.78, 5) is 16.2. The van der Waals surface area contributed by atoms with Gasteiger partial charge >= 0.3 is 6.09 Å². The second kappa shape index (κ2) is 7.40. The molecule has 1 fully saturated rings. The minimum absolute atomic E-state index is 0.243. The molecule has 1 heterocycles. The largest absolute Gasteiger partial charge is 0.444 e. The van der Waals surface area contributed by atoms with Gasteiger partial charge < -0.3 is 14.5 Å². The van der Waals surface area contributed by atoms with Gasteiger partial charge in [-0.2, -0.15) is 12.6 Å². The molecule has 0 atom stereocenters. The number of piperazine rings is 1. The molecule has 2 rings (SSSR count). The molecule has 24 heavy (non-hydrogen) atoms. The molecule has 130 valence electrons. The van der Waals surface area contributed by atoms with Crippen molar-refractivity contribution in [2.45, 2.75) is 39.0 Å². The fourth-order valence-corrected chi connectivity index (χ4v) is 3.12. The van der Waals surface area contributed by atoms with Crippen LogP contribution in [0.4, 0.5) is 10.5 Å². The first kappa shape index (κ1) is 18.5. The summed E-state index contributed by atoms with van der Waals surface area (Å²) in [5, 5.41) is 0. The van der Waals surface area contributed by atoms with Gasteiger partial charge in [0.2, 0.25) is 0 Å². The maximum absolute atomic E-state index is 12.2. The van der Waals surface area contributed by atoms with Gasteiger partial charge in [0.1, 0.15) is 5.60 Å². The van der Waals surface area contributed by atoms with Crippen LogP contribution in [-0.2, 0) is 10.5 Å². The molecule has 0 aliphatic carbocycles. The molecular weight excluding hydrogens is 320 g/mol. The molecule has 0 saturated carbocycles. The molecule has 0 spiro atoms. The highest BCUT2D eigenvalue weighted by atomic mass is 32.1. The lowest BCUT2D eigenvalue weighted by molar-refractivity contribution is 0.0240. The first-order chi connectivity index (χ1) is 11.2. The zero-order chi connectivity index (χ0) is 17.9. The highest BCUT2D eigenvalue weighted by Crippen LogP contribution is 2.27. The SMILES string of the molecule is C#Cc1cc(CS)c(C)c(N2CCN(C(=O)OC(C)(C)C)CC2)c1. The van der Waals surface area contributed by atoms with Crippen LogP contribution in [-0.4, -0.2) is 42.8 Å². The number of benzene rings is 1. The Morgan fingerprint density at radius 3 is 2.42 bits per heavy atom. The van der Waals surface area contributed by atoms with E-state index < -0.39 is 5.60 Å². The minimum atomic E-state index is -0.465. The number of terminal acetylenes is 1. The molecule has 0 bridgehead atoms. The molecule has 1 amide bonds. The smallest absolute Gasteiger partial charge is 0.410 e. The molecule has 0 N–H and O–H groups in total. The van der Waals surface area contributed by atoms with Gasteiger partial charge in [0.05, 0.1) is 0 Å². The Balaban J connectivity index is 2.10. The van der Waals surface area contributed by atoms with E-state index in [4.69, 9.17) is 11.2 Å². The fraction of sp³-hybridized carbons (Fsp3) is 0.526. The molecule has 4 nitrogen and oxygen atoms in total. The van der Waals surface area contributed by atoms with Crippen LogP contribution in [0.5, 0.6) is 0 Å². The van der Waals surface area contributed by atoms with E-state index in [2.05, 4.69) is 30.4 Å². The van der Waals surface area contributed by atoms with Gasteiger partial charge in [-0.05, 0) is 51.0 Å². The molecule has 1 saturated heterocycles. The number of ether oxygens (including phenoxy) is 1. The minimum Gasteiger partial charge on any atom is -0.444 e. The third-order valence-corrected chi connectivity index (χ3v) is 4.44. The highest BCUT2D eigenvalue weighted by molar-refractivity contribution is 7.79. The predicted molar refractivity (Wildman–Crippen MR) is 102 cm³/mol. The van der Waals surface area contributed by atoms with Gasteiger partial charge in [0.25, 0.3) is 0 Å². The Hall–Kier alpha value is -1.80. The summed E-state index contributed by atoms with van der Waals surface area (Å²) in [6.45, 7) is 10.6. The van der Waals surface area contributed by atoms with Gasteiger partial charge in [-0.15, -0.1) is 6.42 Å². The lowest BCUT2D eigenvalue weighted by Crippen LogP contribution is -2.50. The number of rotatable bonds is 2. The topological polar surface area (TPSA) is 32.8 Å². The monoisotopic (exact) mass is 346 g/mol. The lowest BCUT2D eigenvalue weighted by atomic mass is 10.0. The van der Waals surface area contributed by atoms with Crippen LogP contribution in [0, 0.1) is 19.3 Å². The first-order valence-corrected chi connectivity index (χ1v) is 8.82. The van der Waals surface area contributed by atoms with Crippen molar-refractivity contribution in [3.63, 3.8) is 0 Å². The van der Waals surface area contributed by atoms with E-state index in [-0.39, 0.29) is 6.09 Å². The standard InChI is InChI=1S/C19H26N2O2S/c1-6-15-11-16(13-24)14(2)17(12-15)20-7-9-21(10-8-20)18(22)23-19(3,4)5/h1,11-12,24H,7-10,13H2,2-5H3. The van der Waals surface area contributed by atoms with Crippen LogP contribution in [0.2, 0.25) is 0 Å². The summed E-state index contributed by atoms with van der Waals surface area (Å²) >= 11 is 4.40. The number of hydrogen-bond acceptors (Lipinski definition) is 4. The van der Waals surface area contributed by atoms with Crippen molar-refractivity contribution in [2.24, 2.45) is 0 Å². The van der Waals surface area contributed by atoms with Gasteiger partial charge in [-0.25, -0.2) is 4.79 Å². The zero-order valence-electron chi connectivity index (χ0n) is 14.9. The van der Waals surface area contributed by atoms with Crippen LogP contribution in [0.25, 0.3) is 0 Å². The average molecular weight is 346 g/mol. The predicted octanol–water partition coefficient (Wildman–Crippen LogP) is 3.46. The van der Waals surface area contributed by atoms with Crippen LogP contribution < -0.4 is 4.90 Å². The first-order valence-electron chi connectivity index (χ1n) is 8.19. The zero-order valence-corrected chi connectivity index (χ0v) is 15.8. The van der Waals surface area contributed by atoms with Crippen LogP contribution in [0.15, 0.2) is 12.1 Å². The van der Waals surface area contributed by atoms with Crippen LogP contribution in [0.3, 0.4) is 0 Å². The van der Waals surface area contributed by atoms with E-state index in [9.17, 15) is 4.79 Å². The molecule has 0 aromatic heterocycles. The summed E-state index contributed by atoms with van der Waals surface area (Å²) in [5.41, 5.74) is 3.90. The summed E-state index contributed by atoms with van der Waals surface area (Å²) in [7, 11) is 0. The van der Waals surface area contributed by atoms with Crippen molar-refractivity contribution in [3.05, 3.63) is 28.8 Å². The molecular formula is C19H26N2O2S. The van der Waals surface area contributed by atoms with Crippen molar-refractivity contribution in [3.8, 4) is 12.3 Å². The molecule has 1 aromatic carbocycles. The van der Waals surface area contributed by atoms with Crippen LogP contribution >= 0.6 is 12.6 Å². The number of carbonyl (C=O) groups is 1. The van der Waals surface area contributed by atoms with E-state index in [0.29, 0.717) is 18.8 Å². The molecule has 5 heteroatoms. The van der Waals surface area contributed by atoms with Crippen LogP contribution in [0.1, 0.15) is 37.5 Å². The Morgan fingerprint density at radius 2 is 1.92 bits per heavy atom. The van der Waals surface area contributed by atoms with Gasteiger partial charge in [0.15, 0.2) is 0 Å². The Labute approximate surface area is 150 Å². The average Bonchev–Trinajstić information content (AvgIpc) is 2.53. The third-order valence-electron chi connectivity index (χ3n) is 4.10. The van der Waals surface area contributed by atoms with Gasteiger partial charge in [-0.1, -0.05) is 5.92 Å². The lowest BCUT2D eigenvalue weighted by Gasteiger charge is -2.37. The maximum Gasteiger partial charge on any atom is 0.410 e. The number of nitrogens with zero attached hydrogens (tertiary/aromatic N) is 2. The molecule has 1 aliphatic heterocycles. The number of hydrogen-bond donors (Lipinski definition) is 1. The quantitative estimate of drug-likeness (QED) is 0.657.